The van der Waals surface area contributed by atoms with Crippen LogP contribution in [0.15, 0.2) is 45.9 Å². The first-order valence-electron chi connectivity index (χ1n) is 7.99. The SMILES string of the molecule is CCc1cc(CNC(=NC)NCC(C)(C)c2ccccc2)on1. The molecule has 0 aliphatic heterocycles. The Morgan fingerprint density at radius 3 is 2.57 bits per heavy atom. The Morgan fingerprint density at radius 1 is 1.22 bits per heavy atom. The number of aliphatic imine (C=N–C) groups is 1. The fraction of sp³-hybridized carbons (Fsp3) is 0.444. The summed E-state index contributed by atoms with van der Waals surface area (Å²) in [5.74, 6) is 1.57. The maximum Gasteiger partial charge on any atom is 0.191 e. The second-order valence-corrected chi connectivity index (χ2v) is 6.17. The van der Waals surface area contributed by atoms with Gasteiger partial charge >= 0.3 is 0 Å². The number of nitrogens with zero attached hydrogens (tertiary/aromatic N) is 2. The molecule has 2 N–H and O–H groups in total. The van der Waals surface area contributed by atoms with Crippen LogP contribution in [0.5, 0.6) is 0 Å². The molecule has 1 aromatic heterocycles. The molecule has 2 rings (SSSR count). The Bertz CT molecular complexity index is 631. The van der Waals surface area contributed by atoms with Crippen molar-refractivity contribution in [1.82, 2.24) is 15.8 Å². The summed E-state index contributed by atoms with van der Waals surface area (Å²) in [5, 5.41) is 10.6. The minimum absolute atomic E-state index is 0.0144. The lowest BCUT2D eigenvalue weighted by molar-refractivity contribution is 0.374. The molecule has 0 bridgehead atoms. The predicted molar refractivity (Wildman–Crippen MR) is 93.6 cm³/mol. The third-order valence-electron chi connectivity index (χ3n) is 3.88. The van der Waals surface area contributed by atoms with E-state index < -0.39 is 0 Å². The molecule has 0 fully saturated rings. The van der Waals surface area contributed by atoms with Crippen molar-refractivity contribution in [3.63, 3.8) is 0 Å². The molecule has 5 heteroatoms. The summed E-state index contributed by atoms with van der Waals surface area (Å²) >= 11 is 0. The molecule has 5 nitrogen and oxygen atoms in total. The Morgan fingerprint density at radius 2 is 1.96 bits per heavy atom. The zero-order valence-electron chi connectivity index (χ0n) is 14.4. The molecule has 1 aromatic carbocycles. The fourth-order valence-corrected chi connectivity index (χ4v) is 2.29. The molecule has 0 saturated carbocycles. The Kier molecular flexibility index (Phi) is 5.79. The van der Waals surface area contributed by atoms with Gasteiger partial charge < -0.3 is 15.2 Å². The van der Waals surface area contributed by atoms with Crippen LogP contribution < -0.4 is 10.6 Å². The number of aromatic nitrogens is 1. The second-order valence-electron chi connectivity index (χ2n) is 6.17. The van der Waals surface area contributed by atoms with Gasteiger partial charge in [-0.15, -0.1) is 0 Å². The molecule has 0 unspecified atom stereocenters. The molecule has 0 aliphatic rings. The summed E-state index contributed by atoms with van der Waals surface area (Å²) in [4.78, 5) is 4.26. The van der Waals surface area contributed by atoms with Crippen molar-refractivity contribution in [2.75, 3.05) is 13.6 Å². The molecular weight excluding hydrogens is 288 g/mol. The van der Waals surface area contributed by atoms with Crippen molar-refractivity contribution in [3.05, 3.63) is 53.4 Å². The number of hydrogen-bond acceptors (Lipinski definition) is 3. The van der Waals surface area contributed by atoms with Gasteiger partial charge in [0.1, 0.15) is 0 Å². The minimum Gasteiger partial charge on any atom is -0.359 e. The molecule has 2 aromatic rings. The average molecular weight is 314 g/mol. The molecular formula is C18H26N4O. The number of guanidine groups is 1. The van der Waals surface area contributed by atoms with Crippen LogP contribution in [0.1, 0.15) is 37.8 Å². The third-order valence-corrected chi connectivity index (χ3v) is 3.88. The third kappa shape index (κ3) is 4.84. The number of aryl methyl sites for hydroxylation is 1. The van der Waals surface area contributed by atoms with Gasteiger partial charge in [0, 0.05) is 25.1 Å². The first-order valence-corrected chi connectivity index (χ1v) is 7.99. The van der Waals surface area contributed by atoms with E-state index in [0.717, 1.165) is 30.4 Å². The van der Waals surface area contributed by atoms with Gasteiger partial charge in [-0.3, -0.25) is 4.99 Å². The smallest absolute Gasteiger partial charge is 0.191 e. The van der Waals surface area contributed by atoms with Crippen molar-refractivity contribution in [2.24, 2.45) is 4.99 Å². The van der Waals surface area contributed by atoms with Crippen LogP contribution in [0.3, 0.4) is 0 Å². The zero-order chi connectivity index (χ0) is 16.7. The van der Waals surface area contributed by atoms with Gasteiger partial charge in [0.25, 0.3) is 0 Å². The number of nitrogens with one attached hydrogen (secondary N) is 2. The summed E-state index contributed by atoms with van der Waals surface area (Å²) < 4.78 is 5.27. The molecule has 0 radical (unpaired) electrons. The van der Waals surface area contributed by atoms with Crippen LogP contribution in [-0.4, -0.2) is 24.7 Å². The van der Waals surface area contributed by atoms with Gasteiger partial charge in [-0.05, 0) is 12.0 Å². The van der Waals surface area contributed by atoms with Crippen LogP contribution in [0, 0.1) is 0 Å². The lowest BCUT2D eigenvalue weighted by atomic mass is 9.85. The lowest BCUT2D eigenvalue weighted by Crippen LogP contribution is -2.43. The van der Waals surface area contributed by atoms with Crippen molar-refractivity contribution >= 4 is 5.96 Å². The van der Waals surface area contributed by atoms with E-state index in [-0.39, 0.29) is 5.41 Å². The highest BCUT2D eigenvalue weighted by Crippen LogP contribution is 2.21. The first kappa shape index (κ1) is 17.1. The molecule has 0 atom stereocenters. The molecule has 124 valence electrons. The summed E-state index contributed by atoms with van der Waals surface area (Å²) in [7, 11) is 1.77. The topological polar surface area (TPSA) is 62.5 Å². The van der Waals surface area contributed by atoms with Crippen LogP contribution in [0.2, 0.25) is 0 Å². The molecule has 0 amide bonds. The summed E-state index contributed by atoms with van der Waals surface area (Å²) in [6, 6.07) is 12.4. The van der Waals surface area contributed by atoms with Crippen LogP contribution in [0.4, 0.5) is 0 Å². The largest absolute Gasteiger partial charge is 0.359 e. The highest BCUT2D eigenvalue weighted by molar-refractivity contribution is 5.79. The van der Waals surface area contributed by atoms with Gasteiger partial charge in [-0.25, -0.2) is 0 Å². The van der Waals surface area contributed by atoms with E-state index in [4.69, 9.17) is 4.52 Å². The molecule has 1 heterocycles. The predicted octanol–water partition coefficient (Wildman–Crippen LogP) is 2.88. The second kappa shape index (κ2) is 7.81. The van der Waals surface area contributed by atoms with E-state index in [1.807, 2.05) is 12.1 Å². The summed E-state index contributed by atoms with van der Waals surface area (Å²) in [5.41, 5.74) is 2.28. The van der Waals surface area contributed by atoms with Gasteiger partial charge in [0.2, 0.25) is 0 Å². The monoisotopic (exact) mass is 314 g/mol. The Labute approximate surface area is 138 Å². The van der Waals surface area contributed by atoms with Crippen LogP contribution in [-0.2, 0) is 18.4 Å². The number of benzene rings is 1. The highest BCUT2D eigenvalue weighted by atomic mass is 16.5. The summed E-state index contributed by atoms with van der Waals surface area (Å²) in [6.07, 6.45) is 0.877. The minimum atomic E-state index is 0.0144. The van der Waals surface area contributed by atoms with Crippen molar-refractivity contribution < 1.29 is 4.52 Å². The van der Waals surface area contributed by atoms with E-state index in [1.165, 1.54) is 5.56 Å². The maximum absolute atomic E-state index is 5.27. The van der Waals surface area contributed by atoms with Crippen molar-refractivity contribution in [2.45, 2.75) is 39.2 Å². The molecule has 0 aliphatic carbocycles. The quantitative estimate of drug-likeness (QED) is 0.636. The van der Waals surface area contributed by atoms with Gasteiger partial charge in [0.15, 0.2) is 11.7 Å². The average Bonchev–Trinajstić information content (AvgIpc) is 3.04. The molecule has 23 heavy (non-hydrogen) atoms. The van der Waals surface area contributed by atoms with Gasteiger partial charge in [-0.2, -0.15) is 0 Å². The van der Waals surface area contributed by atoms with Crippen molar-refractivity contribution in [3.8, 4) is 0 Å². The lowest BCUT2D eigenvalue weighted by Gasteiger charge is -2.26. The Balaban J connectivity index is 1.87. The highest BCUT2D eigenvalue weighted by Gasteiger charge is 2.20. The number of hydrogen-bond donors (Lipinski definition) is 2. The van der Waals surface area contributed by atoms with E-state index >= 15 is 0 Å². The van der Waals surface area contributed by atoms with Gasteiger partial charge in [-0.1, -0.05) is 56.3 Å². The normalized spacial score (nSPS) is 12.3. The first-order chi connectivity index (χ1) is 11.0. The van der Waals surface area contributed by atoms with E-state index in [0.29, 0.717) is 6.54 Å². The van der Waals surface area contributed by atoms with E-state index in [2.05, 4.69) is 65.8 Å². The molecule has 0 saturated heterocycles. The van der Waals surface area contributed by atoms with Crippen LogP contribution in [0.25, 0.3) is 0 Å². The van der Waals surface area contributed by atoms with Gasteiger partial charge in [0.05, 0.1) is 12.2 Å². The molecule has 0 spiro atoms. The Hall–Kier alpha value is -2.30. The zero-order valence-corrected chi connectivity index (χ0v) is 14.4. The van der Waals surface area contributed by atoms with E-state index in [9.17, 15) is 0 Å². The van der Waals surface area contributed by atoms with Crippen LogP contribution >= 0.6 is 0 Å². The van der Waals surface area contributed by atoms with Crippen molar-refractivity contribution in [1.29, 1.82) is 0 Å². The number of rotatable bonds is 6. The standard InChI is InChI=1S/C18H26N4O/c1-5-15-11-16(23-22-15)12-20-17(19-4)21-13-18(2,3)14-9-7-6-8-10-14/h6-11H,5,12-13H2,1-4H3,(H2,19,20,21). The van der Waals surface area contributed by atoms with E-state index in [1.54, 1.807) is 7.05 Å². The summed E-state index contributed by atoms with van der Waals surface area (Å²) in [6.45, 7) is 7.84. The maximum atomic E-state index is 5.27. The fourth-order valence-electron chi connectivity index (χ4n) is 2.29.